The monoisotopic (exact) mass is 231 g/mol. The first-order valence-corrected chi connectivity index (χ1v) is 5.41. The Kier molecular flexibility index (Phi) is 3.80. The number of nitrogens with zero attached hydrogens (tertiary/aromatic N) is 1. The summed E-state index contributed by atoms with van der Waals surface area (Å²) in [5.74, 6) is 5.24. The lowest BCUT2D eigenvalue weighted by atomic mass is 10.0. The molecule has 4 heteroatoms. The van der Waals surface area contributed by atoms with Gasteiger partial charge in [-0.15, -0.1) is 0 Å². The predicted octanol–water partition coefficient (Wildman–Crippen LogP) is 1.97. The minimum atomic E-state index is -0.260. The van der Waals surface area contributed by atoms with E-state index < -0.39 is 0 Å². The highest BCUT2D eigenvalue weighted by atomic mass is 19.1. The van der Waals surface area contributed by atoms with Crippen LogP contribution in [0.3, 0.4) is 0 Å². The lowest BCUT2D eigenvalue weighted by Crippen LogP contribution is -2.29. The van der Waals surface area contributed by atoms with Gasteiger partial charge in [-0.2, -0.15) is 0 Å². The van der Waals surface area contributed by atoms with E-state index in [4.69, 9.17) is 5.84 Å². The lowest BCUT2D eigenvalue weighted by Gasteiger charge is -2.15. The number of hydrogen-bond acceptors (Lipinski definition) is 3. The number of hydrogen-bond donors (Lipinski definition) is 2. The van der Waals surface area contributed by atoms with E-state index in [9.17, 15) is 4.39 Å². The van der Waals surface area contributed by atoms with Crippen molar-refractivity contribution in [2.24, 2.45) is 5.84 Å². The van der Waals surface area contributed by atoms with Gasteiger partial charge in [0.25, 0.3) is 0 Å². The Bertz CT molecular complexity index is 473. The van der Waals surface area contributed by atoms with Crippen LogP contribution < -0.4 is 11.3 Å². The fourth-order valence-corrected chi connectivity index (χ4v) is 1.72. The van der Waals surface area contributed by atoms with Crippen molar-refractivity contribution < 1.29 is 4.39 Å². The van der Waals surface area contributed by atoms with Crippen molar-refractivity contribution in [1.29, 1.82) is 0 Å². The summed E-state index contributed by atoms with van der Waals surface area (Å²) in [6, 6.07) is 12.0. The molecular formula is C13H14FN3. The van der Waals surface area contributed by atoms with Crippen LogP contribution in [0, 0.1) is 5.82 Å². The van der Waals surface area contributed by atoms with E-state index >= 15 is 0 Å². The number of pyridine rings is 1. The second-order valence-electron chi connectivity index (χ2n) is 3.80. The van der Waals surface area contributed by atoms with Crippen LogP contribution in [0.25, 0.3) is 0 Å². The fraction of sp³-hybridized carbons (Fsp3) is 0.154. The van der Waals surface area contributed by atoms with Gasteiger partial charge >= 0.3 is 0 Å². The van der Waals surface area contributed by atoms with Gasteiger partial charge < -0.3 is 0 Å². The molecule has 3 N–H and O–H groups in total. The summed E-state index contributed by atoms with van der Waals surface area (Å²) in [7, 11) is 0. The minimum absolute atomic E-state index is 0.138. The van der Waals surface area contributed by atoms with Crippen LogP contribution >= 0.6 is 0 Å². The van der Waals surface area contributed by atoms with E-state index in [0.717, 1.165) is 11.3 Å². The summed E-state index contributed by atoms with van der Waals surface area (Å²) < 4.78 is 13.1. The summed E-state index contributed by atoms with van der Waals surface area (Å²) in [4.78, 5) is 4.23. The van der Waals surface area contributed by atoms with Crippen molar-refractivity contribution in [1.82, 2.24) is 10.4 Å². The molecule has 3 nitrogen and oxygen atoms in total. The van der Waals surface area contributed by atoms with Crippen molar-refractivity contribution in [3.8, 4) is 0 Å². The third-order valence-electron chi connectivity index (χ3n) is 2.59. The minimum Gasteiger partial charge on any atom is -0.271 e. The van der Waals surface area contributed by atoms with Crippen LogP contribution in [0.4, 0.5) is 4.39 Å². The Morgan fingerprint density at radius 1 is 1.24 bits per heavy atom. The summed E-state index contributed by atoms with van der Waals surface area (Å²) in [5, 5.41) is 0. The number of halogens is 1. The van der Waals surface area contributed by atoms with E-state index in [0.29, 0.717) is 6.42 Å². The van der Waals surface area contributed by atoms with E-state index in [2.05, 4.69) is 10.4 Å². The Hall–Kier alpha value is -1.78. The molecule has 0 radical (unpaired) electrons. The first kappa shape index (κ1) is 11.7. The molecule has 2 aromatic rings. The van der Waals surface area contributed by atoms with E-state index in [1.165, 1.54) is 12.1 Å². The molecule has 0 spiro atoms. The van der Waals surface area contributed by atoms with Crippen LogP contribution in [0.1, 0.15) is 17.3 Å². The molecule has 0 aliphatic heterocycles. The summed E-state index contributed by atoms with van der Waals surface area (Å²) in [6.45, 7) is 0. The molecule has 0 aliphatic carbocycles. The van der Waals surface area contributed by atoms with Crippen LogP contribution in [0.15, 0.2) is 48.7 Å². The molecule has 2 rings (SSSR count). The average molecular weight is 231 g/mol. The van der Waals surface area contributed by atoms with Gasteiger partial charge in [0.1, 0.15) is 5.82 Å². The third kappa shape index (κ3) is 3.09. The zero-order valence-electron chi connectivity index (χ0n) is 9.31. The number of nitrogens with two attached hydrogens (primary N) is 1. The normalized spacial score (nSPS) is 12.4. The number of nitrogens with one attached hydrogen (secondary N) is 1. The van der Waals surface area contributed by atoms with Crippen molar-refractivity contribution in [2.75, 3.05) is 0 Å². The van der Waals surface area contributed by atoms with E-state index in [-0.39, 0.29) is 11.9 Å². The van der Waals surface area contributed by atoms with Gasteiger partial charge in [0.2, 0.25) is 0 Å². The van der Waals surface area contributed by atoms with Crippen LogP contribution in [0.2, 0.25) is 0 Å². The summed E-state index contributed by atoms with van der Waals surface area (Å²) in [6.07, 6.45) is 2.36. The second kappa shape index (κ2) is 5.52. The quantitative estimate of drug-likeness (QED) is 0.624. The zero-order valence-corrected chi connectivity index (χ0v) is 9.31. The van der Waals surface area contributed by atoms with Gasteiger partial charge in [-0.3, -0.25) is 16.3 Å². The highest BCUT2D eigenvalue weighted by molar-refractivity contribution is 5.22. The molecule has 88 valence electrons. The molecule has 0 bridgehead atoms. The van der Waals surface area contributed by atoms with Crippen molar-refractivity contribution in [3.05, 3.63) is 65.7 Å². The Balaban J connectivity index is 2.17. The first-order chi connectivity index (χ1) is 8.29. The highest BCUT2D eigenvalue weighted by Gasteiger charge is 2.11. The Labute approximate surface area is 99.5 Å². The van der Waals surface area contributed by atoms with Crippen molar-refractivity contribution >= 4 is 0 Å². The topological polar surface area (TPSA) is 50.9 Å². The van der Waals surface area contributed by atoms with Crippen LogP contribution in [-0.4, -0.2) is 4.98 Å². The SMILES string of the molecule is NNC(Cc1ccccn1)c1cccc(F)c1. The van der Waals surface area contributed by atoms with Gasteiger partial charge in [-0.05, 0) is 29.8 Å². The number of hydrazine groups is 1. The van der Waals surface area contributed by atoms with Gasteiger partial charge in [0.05, 0.1) is 6.04 Å². The van der Waals surface area contributed by atoms with Crippen LogP contribution in [-0.2, 0) is 6.42 Å². The molecule has 0 saturated carbocycles. The molecule has 1 heterocycles. The molecule has 1 aromatic carbocycles. The third-order valence-corrected chi connectivity index (χ3v) is 2.59. The number of aromatic nitrogens is 1. The maximum Gasteiger partial charge on any atom is 0.123 e. The van der Waals surface area contributed by atoms with Crippen molar-refractivity contribution in [3.63, 3.8) is 0 Å². The van der Waals surface area contributed by atoms with Crippen LogP contribution in [0.5, 0.6) is 0 Å². The fourth-order valence-electron chi connectivity index (χ4n) is 1.72. The Morgan fingerprint density at radius 2 is 2.12 bits per heavy atom. The lowest BCUT2D eigenvalue weighted by molar-refractivity contribution is 0.539. The molecule has 0 aliphatic rings. The summed E-state index contributed by atoms with van der Waals surface area (Å²) >= 11 is 0. The van der Waals surface area contributed by atoms with E-state index in [1.807, 2.05) is 24.3 Å². The largest absolute Gasteiger partial charge is 0.271 e. The van der Waals surface area contributed by atoms with Gasteiger partial charge in [0.15, 0.2) is 0 Å². The van der Waals surface area contributed by atoms with Gasteiger partial charge in [0, 0.05) is 18.3 Å². The molecule has 0 saturated heterocycles. The molecule has 1 unspecified atom stereocenters. The molecule has 17 heavy (non-hydrogen) atoms. The molecule has 1 aromatic heterocycles. The number of benzene rings is 1. The highest BCUT2D eigenvalue weighted by Crippen LogP contribution is 2.17. The average Bonchev–Trinajstić information content (AvgIpc) is 2.37. The zero-order chi connectivity index (χ0) is 12.1. The summed E-state index contributed by atoms with van der Waals surface area (Å²) in [5.41, 5.74) is 4.42. The molecule has 0 fully saturated rings. The maximum absolute atomic E-state index is 13.1. The maximum atomic E-state index is 13.1. The standard InChI is InChI=1S/C13H14FN3/c14-11-5-3-4-10(8-11)13(17-15)9-12-6-1-2-7-16-12/h1-8,13,17H,9,15H2. The predicted molar refractivity (Wildman–Crippen MR) is 64.4 cm³/mol. The second-order valence-corrected chi connectivity index (χ2v) is 3.80. The smallest absolute Gasteiger partial charge is 0.123 e. The number of rotatable bonds is 4. The van der Waals surface area contributed by atoms with Crippen molar-refractivity contribution in [2.45, 2.75) is 12.5 Å². The first-order valence-electron chi connectivity index (χ1n) is 5.41. The Morgan fingerprint density at radius 3 is 2.76 bits per heavy atom. The van der Waals surface area contributed by atoms with Gasteiger partial charge in [-0.25, -0.2) is 4.39 Å². The van der Waals surface area contributed by atoms with E-state index in [1.54, 1.807) is 12.3 Å². The molecule has 1 atom stereocenters. The van der Waals surface area contributed by atoms with Gasteiger partial charge in [-0.1, -0.05) is 18.2 Å². The molecular weight excluding hydrogens is 217 g/mol. The molecule has 0 amide bonds.